The lowest BCUT2D eigenvalue weighted by Crippen LogP contribution is -2.55. The molecule has 3 rings (SSSR count). The Kier molecular flexibility index (Phi) is 8.12. The number of nitrogens with two attached hydrogens (primary N) is 1. The molecule has 1 amide bonds. The number of aliphatic hydroxyl groups excluding tert-OH is 2. The van der Waals surface area contributed by atoms with Gasteiger partial charge in [0.2, 0.25) is 5.78 Å². The molecule has 6 N–H and O–H groups in total. The molecular weight excluding hydrogens is 466 g/mol. The van der Waals surface area contributed by atoms with E-state index in [2.05, 4.69) is 4.90 Å². The van der Waals surface area contributed by atoms with Crippen molar-refractivity contribution in [2.75, 3.05) is 38.7 Å². The molecule has 0 heterocycles. The summed E-state index contributed by atoms with van der Waals surface area (Å²) in [5.41, 5.74) is 4.68. The van der Waals surface area contributed by atoms with E-state index in [4.69, 9.17) is 5.73 Å². The lowest BCUT2D eigenvalue weighted by molar-refractivity contribution is -0.150. The quantitative estimate of drug-likeness (QED) is 0.310. The molecule has 3 atom stereocenters. The van der Waals surface area contributed by atoms with Gasteiger partial charge in [-0.05, 0) is 43.5 Å². The number of aromatic hydroxyl groups is 1. The van der Waals surface area contributed by atoms with Crippen molar-refractivity contribution in [2.45, 2.75) is 51.7 Å². The van der Waals surface area contributed by atoms with Gasteiger partial charge in [-0.1, -0.05) is 13.8 Å². The third-order valence-corrected chi connectivity index (χ3v) is 7.61. The van der Waals surface area contributed by atoms with Crippen LogP contribution in [0.2, 0.25) is 0 Å². The van der Waals surface area contributed by atoms with E-state index < -0.39 is 41.1 Å². The van der Waals surface area contributed by atoms with Gasteiger partial charge in [0, 0.05) is 50.7 Å². The highest BCUT2D eigenvalue weighted by atomic mass is 16.3. The van der Waals surface area contributed by atoms with Crippen LogP contribution >= 0.6 is 0 Å². The molecule has 10 heteroatoms. The van der Waals surface area contributed by atoms with E-state index in [0.717, 1.165) is 18.8 Å². The number of phenolic OH excluding ortho intramolecular Hbond substituents is 1. The normalized spacial score (nSPS) is 24.3. The molecule has 2 aliphatic carbocycles. The molecule has 1 aromatic rings. The number of hydrogen-bond acceptors (Lipinski definition) is 9. The molecule has 1 aromatic carbocycles. The molecule has 10 nitrogen and oxygen atoms in total. The summed E-state index contributed by atoms with van der Waals surface area (Å²) in [5, 5.41) is 42.2. The Morgan fingerprint density at radius 2 is 1.78 bits per heavy atom. The van der Waals surface area contributed by atoms with E-state index in [1.165, 1.54) is 0 Å². The molecule has 198 valence electrons. The summed E-state index contributed by atoms with van der Waals surface area (Å²) in [6.45, 7) is 5.22. The molecule has 0 aromatic heterocycles. The Bertz CT molecular complexity index is 1090. The Morgan fingerprint density at radius 3 is 2.31 bits per heavy atom. The molecule has 0 saturated heterocycles. The smallest absolute Gasteiger partial charge is 0.255 e. The monoisotopic (exact) mass is 503 g/mol. The van der Waals surface area contributed by atoms with E-state index in [1.54, 1.807) is 0 Å². The lowest BCUT2D eigenvalue weighted by Gasteiger charge is -2.40. The number of fused-ring (bicyclic) bond motifs is 1. The molecule has 0 unspecified atom stereocenters. The standard InChI is InChI=1S/C26H37N3O7/c1-5-29(6-2)12-15-10-18(28(3)4)17-8-14(9-19(31)21(17)23(15)33)7-16-11-20(32)22(25(27)35)24(34)26(16,36)13-30/h10,14,16,30,32-33,36H,5-9,11-13H2,1-4H3,(H2,27,35)/t14-,16+,26-/m1/s1. The molecule has 2 aliphatic rings. The molecule has 0 radical (unpaired) electrons. The molecule has 36 heavy (non-hydrogen) atoms. The Labute approximate surface area is 211 Å². The van der Waals surface area contributed by atoms with Gasteiger partial charge in [0.25, 0.3) is 5.91 Å². The first-order valence-electron chi connectivity index (χ1n) is 12.3. The van der Waals surface area contributed by atoms with Crippen LogP contribution in [0.3, 0.4) is 0 Å². The van der Waals surface area contributed by atoms with E-state index in [1.807, 2.05) is 38.9 Å². The van der Waals surface area contributed by atoms with Crippen LogP contribution in [0.5, 0.6) is 5.75 Å². The van der Waals surface area contributed by atoms with E-state index >= 15 is 0 Å². The molecule has 0 bridgehead atoms. The maximum absolute atomic E-state index is 13.3. The first kappa shape index (κ1) is 27.6. The lowest BCUT2D eigenvalue weighted by atomic mass is 9.68. The third kappa shape index (κ3) is 4.85. The molecule has 0 spiro atoms. The summed E-state index contributed by atoms with van der Waals surface area (Å²) >= 11 is 0. The maximum Gasteiger partial charge on any atom is 0.255 e. The highest BCUT2D eigenvalue weighted by molar-refractivity contribution is 6.22. The number of primary amides is 1. The van der Waals surface area contributed by atoms with Crippen molar-refractivity contribution in [3.8, 4) is 5.75 Å². The summed E-state index contributed by atoms with van der Waals surface area (Å²) < 4.78 is 0. The Morgan fingerprint density at radius 1 is 1.14 bits per heavy atom. The highest BCUT2D eigenvalue weighted by Crippen LogP contribution is 2.44. The van der Waals surface area contributed by atoms with Crippen LogP contribution in [0, 0.1) is 11.8 Å². The number of hydrogen-bond donors (Lipinski definition) is 5. The second-order valence-electron chi connectivity index (χ2n) is 10.0. The van der Waals surface area contributed by atoms with Crippen LogP contribution in [0.1, 0.15) is 54.6 Å². The van der Waals surface area contributed by atoms with Gasteiger partial charge in [-0.25, -0.2) is 0 Å². The van der Waals surface area contributed by atoms with E-state index in [0.29, 0.717) is 29.7 Å². The van der Waals surface area contributed by atoms with Gasteiger partial charge < -0.3 is 31.1 Å². The van der Waals surface area contributed by atoms with Gasteiger partial charge in [-0.15, -0.1) is 0 Å². The maximum atomic E-state index is 13.3. The minimum absolute atomic E-state index is 0.0164. The number of rotatable bonds is 9. The number of carbonyl (C=O) groups excluding carboxylic acids is 3. The molecule has 0 aliphatic heterocycles. The van der Waals surface area contributed by atoms with E-state index in [-0.39, 0.29) is 36.7 Å². The summed E-state index contributed by atoms with van der Waals surface area (Å²) in [7, 11) is 3.72. The molecular formula is C26H37N3O7. The summed E-state index contributed by atoms with van der Waals surface area (Å²) in [5.74, 6) is -4.30. The fourth-order valence-corrected chi connectivity index (χ4v) is 5.53. The number of ketones is 2. The van der Waals surface area contributed by atoms with Gasteiger partial charge >= 0.3 is 0 Å². The highest BCUT2D eigenvalue weighted by Gasteiger charge is 2.51. The predicted molar refractivity (Wildman–Crippen MR) is 134 cm³/mol. The van der Waals surface area contributed by atoms with Crippen LogP contribution in [-0.4, -0.2) is 82.2 Å². The predicted octanol–water partition coefficient (Wildman–Crippen LogP) is 1.05. The van der Waals surface area contributed by atoms with Crippen LogP contribution in [0.15, 0.2) is 17.4 Å². The first-order valence-corrected chi connectivity index (χ1v) is 12.3. The van der Waals surface area contributed by atoms with Gasteiger partial charge in [0.15, 0.2) is 11.4 Å². The second-order valence-corrected chi connectivity index (χ2v) is 10.0. The number of allylic oxidation sites excluding steroid dienone is 1. The number of aliphatic hydroxyl groups is 3. The Hall–Kier alpha value is -2.95. The van der Waals surface area contributed by atoms with Crippen molar-refractivity contribution in [2.24, 2.45) is 17.6 Å². The van der Waals surface area contributed by atoms with Crippen LogP contribution in [0.25, 0.3) is 0 Å². The van der Waals surface area contributed by atoms with Gasteiger partial charge in [-0.2, -0.15) is 0 Å². The van der Waals surface area contributed by atoms with Crippen molar-refractivity contribution in [3.63, 3.8) is 0 Å². The number of anilines is 1. The SMILES string of the molecule is CCN(CC)Cc1cc(N(C)C)c2c(c1O)C(=O)C[C@H](C[C@H]1CC(O)=C(C(N)=O)C(=O)[C@@]1(O)CO)C2. The average molecular weight is 504 g/mol. The zero-order valence-corrected chi connectivity index (χ0v) is 21.4. The first-order chi connectivity index (χ1) is 16.9. The van der Waals surface area contributed by atoms with Crippen molar-refractivity contribution >= 4 is 23.2 Å². The van der Waals surface area contributed by atoms with E-state index in [9.17, 15) is 34.8 Å². The van der Waals surface area contributed by atoms with Gasteiger partial charge in [0.05, 0.1) is 12.2 Å². The van der Waals surface area contributed by atoms with Crippen LogP contribution < -0.4 is 10.6 Å². The largest absolute Gasteiger partial charge is 0.511 e. The minimum Gasteiger partial charge on any atom is -0.511 e. The number of benzene rings is 1. The Balaban J connectivity index is 1.97. The van der Waals surface area contributed by atoms with Gasteiger partial charge in [0.1, 0.15) is 17.1 Å². The summed E-state index contributed by atoms with van der Waals surface area (Å²) in [6.07, 6.45) is 0.376. The zero-order chi connectivity index (χ0) is 26.9. The summed E-state index contributed by atoms with van der Waals surface area (Å²) in [4.78, 5) is 41.8. The minimum atomic E-state index is -2.29. The molecule has 0 saturated carbocycles. The van der Waals surface area contributed by atoms with Crippen molar-refractivity contribution in [1.29, 1.82) is 0 Å². The third-order valence-electron chi connectivity index (χ3n) is 7.61. The second kappa shape index (κ2) is 10.6. The number of Topliss-reactive ketones (excluding diaryl/α,β-unsaturated/α-hetero) is 2. The number of carbonyl (C=O) groups is 3. The van der Waals surface area contributed by atoms with Crippen molar-refractivity contribution in [1.82, 2.24) is 4.90 Å². The number of phenols is 1. The summed E-state index contributed by atoms with van der Waals surface area (Å²) in [6, 6.07) is 1.89. The number of amides is 1. The van der Waals surface area contributed by atoms with Crippen LogP contribution in [0.4, 0.5) is 5.69 Å². The van der Waals surface area contributed by atoms with Crippen molar-refractivity contribution < 1.29 is 34.8 Å². The topological polar surface area (TPSA) is 165 Å². The zero-order valence-electron chi connectivity index (χ0n) is 21.4. The molecule has 0 fully saturated rings. The van der Waals surface area contributed by atoms with Crippen LogP contribution in [-0.2, 0) is 22.6 Å². The fraction of sp³-hybridized carbons (Fsp3) is 0.577. The van der Waals surface area contributed by atoms with Crippen molar-refractivity contribution in [3.05, 3.63) is 34.1 Å². The average Bonchev–Trinajstić information content (AvgIpc) is 2.81. The van der Waals surface area contributed by atoms with Gasteiger partial charge in [-0.3, -0.25) is 19.3 Å². The fourth-order valence-electron chi connectivity index (χ4n) is 5.53. The number of nitrogens with zero attached hydrogens (tertiary/aromatic N) is 2.